The predicted molar refractivity (Wildman–Crippen MR) is 128 cm³/mol. The van der Waals surface area contributed by atoms with E-state index in [0.717, 1.165) is 30.2 Å². The summed E-state index contributed by atoms with van der Waals surface area (Å²) in [6.07, 6.45) is 7.57. The van der Waals surface area contributed by atoms with Crippen LogP contribution >= 0.6 is 0 Å². The first-order chi connectivity index (χ1) is 17.1. The predicted octanol–water partition coefficient (Wildman–Crippen LogP) is 2.78. The van der Waals surface area contributed by atoms with Crippen LogP contribution in [0.5, 0.6) is 6.01 Å². The van der Waals surface area contributed by atoms with Crippen molar-refractivity contribution in [2.24, 2.45) is 7.05 Å². The molecular weight excluding hydrogens is 449 g/mol. The lowest BCUT2D eigenvalue weighted by atomic mass is 10.1. The van der Waals surface area contributed by atoms with Crippen LogP contribution in [0.1, 0.15) is 16.8 Å². The van der Waals surface area contributed by atoms with E-state index in [-0.39, 0.29) is 5.82 Å². The number of morpholine rings is 1. The molecule has 10 heteroatoms. The smallest absolute Gasteiger partial charge is 0.320 e. The van der Waals surface area contributed by atoms with Gasteiger partial charge in [0.05, 0.1) is 31.7 Å². The van der Waals surface area contributed by atoms with Crippen LogP contribution in [-0.4, -0.2) is 62.4 Å². The van der Waals surface area contributed by atoms with Crippen molar-refractivity contribution in [3.8, 4) is 11.8 Å². The Morgan fingerprint density at radius 3 is 2.66 bits per heavy atom. The van der Waals surface area contributed by atoms with E-state index in [9.17, 15) is 4.39 Å². The highest BCUT2D eigenvalue weighted by Crippen LogP contribution is 2.21. The van der Waals surface area contributed by atoms with Crippen molar-refractivity contribution >= 4 is 5.82 Å². The SMILES string of the molecule is Cn1cc(CCOc2nc(N3CCOCC3)cc(-n3ccc(CCc4ccccc4F)n3)n2)cn1. The normalized spacial score (nSPS) is 13.8. The number of hydrogen-bond acceptors (Lipinski definition) is 7. The average Bonchev–Trinajstić information content (AvgIpc) is 3.53. The van der Waals surface area contributed by atoms with Crippen molar-refractivity contribution in [1.82, 2.24) is 29.5 Å². The van der Waals surface area contributed by atoms with E-state index in [0.29, 0.717) is 56.5 Å². The zero-order valence-corrected chi connectivity index (χ0v) is 19.7. The zero-order chi connectivity index (χ0) is 24.0. The molecule has 0 spiro atoms. The van der Waals surface area contributed by atoms with Crippen molar-refractivity contribution in [2.75, 3.05) is 37.8 Å². The Bertz CT molecular complexity index is 1270. The van der Waals surface area contributed by atoms with Gasteiger partial charge in [0.15, 0.2) is 5.82 Å². The van der Waals surface area contributed by atoms with Gasteiger partial charge >= 0.3 is 6.01 Å². The van der Waals surface area contributed by atoms with E-state index >= 15 is 0 Å². The van der Waals surface area contributed by atoms with Gasteiger partial charge in [0.1, 0.15) is 11.6 Å². The van der Waals surface area contributed by atoms with Crippen molar-refractivity contribution in [2.45, 2.75) is 19.3 Å². The van der Waals surface area contributed by atoms with Crippen molar-refractivity contribution in [1.29, 1.82) is 0 Å². The molecule has 1 aliphatic heterocycles. The van der Waals surface area contributed by atoms with E-state index in [1.165, 1.54) is 6.07 Å². The first kappa shape index (κ1) is 23.0. The summed E-state index contributed by atoms with van der Waals surface area (Å²) in [5.74, 6) is 1.21. The standard InChI is InChI=1S/C25H28FN7O2/c1-31-18-19(17-27-31)9-13-35-25-28-23(32-11-14-34-15-12-32)16-24(29-25)33-10-8-21(30-33)7-6-20-4-2-3-5-22(20)26/h2-5,8,10,16-18H,6-7,9,11-15H2,1H3. The van der Waals surface area contributed by atoms with E-state index in [2.05, 4.69) is 25.1 Å². The number of aromatic nitrogens is 6. The maximum Gasteiger partial charge on any atom is 0.320 e. The van der Waals surface area contributed by atoms with E-state index < -0.39 is 0 Å². The molecule has 182 valence electrons. The van der Waals surface area contributed by atoms with E-state index in [1.807, 2.05) is 43.8 Å². The van der Waals surface area contributed by atoms with Crippen LogP contribution in [0.3, 0.4) is 0 Å². The quantitative estimate of drug-likeness (QED) is 0.367. The monoisotopic (exact) mass is 477 g/mol. The van der Waals surface area contributed by atoms with Crippen LogP contribution in [0.15, 0.2) is 55.0 Å². The molecule has 1 aromatic carbocycles. The Morgan fingerprint density at radius 2 is 1.86 bits per heavy atom. The summed E-state index contributed by atoms with van der Waals surface area (Å²) in [5, 5.41) is 8.87. The molecule has 1 fully saturated rings. The summed E-state index contributed by atoms with van der Waals surface area (Å²) in [6.45, 7) is 3.23. The fourth-order valence-corrected chi connectivity index (χ4v) is 3.99. The fourth-order valence-electron chi connectivity index (χ4n) is 3.99. The summed E-state index contributed by atoms with van der Waals surface area (Å²) in [6, 6.07) is 11.0. The molecule has 1 aliphatic rings. The first-order valence-electron chi connectivity index (χ1n) is 11.7. The van der Waals surface area contributed by atoms with Gasteiger partial charge in [0.25, 0.3) is 0 Å². The molecule has 0 amide bonds. The maximum absolute atomic E-state index is 14.0. The van der Waals surface area contributed by atoms with Crippen LogP contribution in [0.2, 0.25) is 0 Å². The summed E-state index contributed by atoms with van der Waals surface area (Å²) >= 11 is 0. The fraction of sp³-hybridized carbons (Fsp3) is 0.360. The Hall–Kier alpha value is -3.79. The number of nitrogens with zero attached hydrogens (tertiary/aromatic N) is 7. The number of halogens is 1. The minimum atomic E-state index is -0.189. The lowest BCUT2D eigenvalue weighted by molar-refractivity contribution is 0.122. The molecule has 1 saturated heterocycles. The molecule has 35 heavy (non-hydrogen) atoms. The average molecular weight is 478 g/mol. The topological polar surface area (TPSA) is 83.1 Å². The van der Waals surface area contributed by atoms with Gasteiger partial charge in [-0.1, -0.05) is 18.2 Å². The van der Waals surface area contributed by atoms with Crippen molar-refractivity contribution < 1.29 is 13.9 Å². The number of ether oxygens (including phenoxy) is 2. The van der Waals surface area contributed by atoms with Crippen molar-refractivity contribution in [3.63, 3.8) is 0 Å². The van der Waals surface area contributed by atoms with Gasteiger partial charge in [0, 0.05) is 45.0 Å². The third-order valence-electron chi connectivity index (χ3n) is 5.88. The van der Waals surface area contributed by atoms with E-state index in [1.54, 1.807) is 21.5 Å². The van der Waals surface area contributed by atoms with Gasteiger partial charge in [-0.05, 0) is 36.1 Å². The summed E-state index contributed by atoms with van der Waals surface area (Å²) in [4.78, 5) is 11.4. The number of aryl methyl sites for hydroxylation is 3. The Balaban J connectivity index is 1.33. The largest absolute Gasteiger partial charge is 0.463 e. The number of hydrogen-bond donors (Lipinski definition) is 0. The van der Waals surface area contributed by atoms with Gasteiger partial charge in [-0.2, -0.15) is 20.2 Å². The Labute approximate surface area is 203 Å². The van der Waals surface area contributed by atoms with Gasteiger partial charge in [-0.15, -0.1) is 0 Å². The van der Waals surface area contributed by atoms with Crippen molar-refractivity contribution in [3.05, 3.63) is 77.6 Å². The third-order valence-corrected chi connectivity index (χ3v) is 5.88. The highest BCUT2D eigenvalue weighted by molar-refractivity contribution is 5.45. The third kappa shape index (κ3) is 5.83. The molecule has 0 radical (unpaired) electrons. The molecule has 5 rings (SSSR count). The number of anilines is 1. The number of benzene rings is 1. The Kier molecular flexibility index (Phi) is 6.99. The molecule has 0 N–H and O–H groups in total. The van der Waals surface area contributed by atoms with E-state index in [4.69, 9.17) is 9.47 Å². The minimum absolute atomic E-state index is 0.189. The molecular formula is C25H28FN7O2. The summed E-state index contributed by atoms with van der Waals surface area (Å²) in [7, 11) is 1.89. The van der Waals surface area contributed by atoms with Crippen LogP contribution in [0, 0.1) is 5.82 Å². The summed E-state index contributed by atoms with van der Waals surface area (Å²) < 4.78 is 28.9. The van der Waals surface area contributed by atoms with Gasteiger partial charge in [-0.25, -0.2) is 9.07 Å². The summed E-state index contributed by atoms with van der Waals surface area (Å²) in [5.41, 5.74) is 2.63. The molecule has 0 bridgehead atoms. The van der Waals surface area contributed by atoms with Gasteiger partial charge < -0.3 is 14.4 Å². The van der Waals surface area contributed by atoms with Gasteiger partial charge in [-0.3, -0.25) is 4.68 Å². The van der Waals surface area contributed by atoms with Crippen LogP contribution < -0.4 is 9.64 Å². The molecule has 9 nitrogen and oxygen atoms in total. The second-order valence-electron chi connectivity index (χ2n) is 8.43. The van der Waals surface area contributed by atoms with Crippen LogP contribution in [0.25, 0.3) is 5.82 Å². The first-order valence-corrected chi connectivity index (χ1v) is 11.7. The lowest BCUT2D eigenvalue weighted by Crippen LogP contribution is -2.37. The molecule has 4 aromatic rings. The molecule has 4 heterocycles. The molecule has 0 unspecified atom stereocenters. The second-order valence-corrected chi connectivity index (χ2v) is 8.43. The molecule has 0 saturated carbocycles. The van der Waals surface area contributed by atoms with Crippen LogP contribution in [-0.2, 0) is 31.0 Å². The maximum atomic E-state index is 14.0. The second kappa shape index (κ2) is 10.6. The Morgan fingerprint density at radius 1 is 1.03 bits per heavy atom. The van der Waals surface area contributed by atoms with Gasteiger partial charge in [0.2, 0.25) is 0 Å². The molecule has 0 aliphatic carbocycles. The lowest BCUT2D eigenvalue weighted by Gasteiger charge is -2.28. The van der Waals surface area contributed by atoms with Crippen LogP contribution in [0.4, 0.5) is 10.2 Å². The molecule has 3 aromatic heterocycles. The highest BCUT2D eigenvalue weighted by atomic mass is 19.1. The molecule has 0 atom stereocenters. The zero-order valence-electron chi connectivity index (χ0n) is 19.7. The number of rotatable bonds is 9. The minimum Gasteiger partial charge on any atom is -0.463 e. The highest BCUT2D eigenvalue weighted by Gasteiger charge is 2.17.